The number of rotatable bonds is 7. The highest BCUT2D eigenvalue weighted by molar-refractivity contribution is 5.97. The minimum absolute atomic E-state index is 0.0394. The molecule has 0 radical (unpaired) electrons. The summed E-state index contributed by atoms with van der Waals surface area (Å²) in [5.74, 6) is -3.21. The first-order valence-corrected chi connectivity index (χ1v) is 14.7. The lowest BCUT2D eigenvalue weighted by atomic mass is 9.88. The van der Waals surface area contributed by atoms with Crippen LogP contribution in [-0.2, 0) is 25.7 Å². The molecule has 4 heterocycles. The standard InChI is InChI=1S/C30H45F2N5O4/c1-8-11-30(31,32)24-13-23-22(14-33-24)29(6,7)19-37(23)26(39)18-35-15-20(2)36(27(40)41-28(3,4)5)17-21(35)16-34-12-9-10-25(34)38/h13-14,20-21H,8-12,15-19H2,1-7H3/t20-,21+/m1/s1. The zero-order valence-corrected chi connectivity index (χ0v) is 25.5. The smallest absolute Gasteiger partial charge is 0.410 e. The van der Waals surface area contributed by atoms with Crippen molar-refractivity contribution in [3.8, 4) is 0 Å². The zero-order chi connectivity index (χ0) is 30.3. The number of fused-ring (bicyclic) bond motifs is 1. The largest absolute Gasteiger partial charge is 0.444 e. The summed E-state index contributed by atoms with van der Waals surface area (Å²) in [6.45, 7) is 15.2. The van der Waals surface area contributed by atoms with Crippen LogP contribution in [0, 0.1) is 0 Å². The second-order valence-corrected chi connectivity index (χ2v) is 13.4. The molecule has 3 amide bonds. The van der Waals surface area contributed by atoms with Gasteiger partial charge in [-0.05, 0) is 40.2 Å². The molecule has 0 bridgehead atoms. The molecule has 1 aromatic heterocycles. The molecule has 41 heavy (non-hydrogen) atoms. The number of hydrogen-bond donors (Lipinski definition) is 0. The van der Waals surface area contributed by atoms with Gasteiger partial charge < -0.3 is 19.4 Å². The Bertz CT molecular complexity index is 1170. The zero-order valence-electron chi connectivity index (χ0n) is 25.5. The summed E-state index contributed by atoms with van der Waals surface area (Å²) >= 11 is 0. The highest BCUT2D eigenvalue weighted by Crippen LogP contribution is 2.43. The summed E-state index contributed by atoms with van der Waals surface area (Å²) in [5.41, 5.74) is -0.168. The van der Waals surface area contributed by atoms with Crippen molar-refractivity contribution >= 4 is 23.6 Å². The van der Waals surface area contributed by atoms with Crippen LogP contribution in [0.3, 0.4) is 0 Å². The number of hydrogen-bond acceptors (Lipinski definition) is 6. The van der Waals surface area contributed by atoms with Gasteiger partial charge in [0, 0.05) is 74.8 Å². The van der Waals surface area contributed by atoms with E-state index in [2.05, 4.69) is 4.98 Å². The molecule has 0 spiro atoms. The van der Waals surface area contributed by atoms with Crippen molar-refractivity contribution in [2.75, 3.05) is 44.2 Å². The van der Waals surface area contributed by atoms with Gasteiger partial charge in [0.15, 0.2) is 0 Å². The Morgan fingerprint density at radius 3 is 2.51 bits per heavy atom. The predicted molar refractivity (Wildman–Crippen MR) is 152 cm³/mol. The number of ether oxygens (including phenoxy) is 1. The highest BCUT2D eigenvalue weighted by atomic mass is 19.3. The summed E-state index contributed by atoms with van der Waals surface area (Å²) in [7, 11) is 0. The SMILES string of the molecule is CCCC(F)(F)c1cc2c(cn1)C(C)(C)CN2C(=O)CN1C[C@@H](C)N(C(=O)OC(C)(C)C)C[C@@H]1CN1CCCC1=O. The molecule has 9 nitrogen and oxygen atoms in total. The lowest BCUT2D eigenvalue weighted by Gasteiger charge is -2.46. The van der Waals surface area contributed by atoms with E-state index in [0.717, 1.165) is 12.0 Å². The number of carbonyl (C=O) groups is 3. The number of piperazine rings is 1. The molecule has 2 atom stereocenters. The van der Waals surface area contributed by atoms with E-state index < -0.39 is 23.0 Å². The highest BCUT2D eigenvalue weighted by Gasteiger charge is 2.44. The molecule has 0 saturated carbocycles. The molecule has 0 aromatic carbocycles. The molecule has 2 fully saturated rings. The minimum Gasteiger partial charge on any atom is -0.444 e. The van der Waals surface area contributed by atoms with Crippen LogP contribution in [0.2, 0.25) is 0 Å². The fourth-order valence-corrected chi connectivity index (χ4v) is 6.08. The average Bonchev–Trinajstić information content (AvgIpc) is 3.38. The van der Waals surface area contributed by atoms with Crippen LogP contribution >= 0.6 is 0 Å². The quantitative estimate of drug-likeness (QED) is 0.474. The van der Waals surface area contributed by atoms with Crippen molar-refractivity contribution in [3.63, 3.8) is 0 Å². The Balaban J connectivity index is 1.58. The maximum Gasteiger partial charge on any atom is 0.410 e. The third-order valence-corrected chi connectivity index (χ3v) is 8.22. The van der Waals surface area contributed by atoms with Gasteiger partial charge >= 0.3 is 6.09 Å². The van der Waals surface area contributed by atoms with Gasteiger partial charge in [0.1, 0.15) is 11.3 Å². The van der Waals surface area contributed by atoms with Crippen LogP contribution in [-0.4, -0.2) is 94.5 Å². The van der Waals surface area contributed by atoms with E-state index in [1.807, 2.05) is 46.4 Å². The number of alkyl halides is 2. The van der Waals surface area contributed by atoms with Gasteiger partial charge in [-0.25, -0.2) is 4.79 Å². The van der Waals surface area contributed by atoms with E-state index in [1.54, 1.807) is 21.6 Å². The Kier molecular flexibility index (Phi) is 8.70. The van der Waals surface area contributed by atoms with Crippen molar-refractivity contribution in [1.29, 1.82) is 0 Å². The fraction of sp³-hybridized carbons (Fsp3) is 0.733. The van der Waals surface area contributed by atoms with Crippen LogP contribution < -0.4 is 4.90 Å². The molecule has 11 heteroatoms. The van der Waals surface area contributed by atoms with E-state index in [-0.39, 0.29) is 42.6 Å². The maximum atomic E-state index is 14.8. The molecular weight excluding hydrogens is 532 g/mol. The first kappa shape index (κ1) is 31.1. The van der Waals surface area contributed by atoms with Gasteiger partial charge in [0.25, 0.3) is 5.92 Å². The Morgan fingerprint density at radius 2 is 1.90 bits per heavy atom. The molecule has 2 saturated heterocycles. The van der Waals surface area contributed by atoms with E-state index >= 15 is 0 Å². The van der Waals surface area contributed by atoms with Crippen LogP contribution in [0.15, 0.2) is 12.3 Å². The molecule has 3 aliphatic rings. The number of aromatic nitrogens is 1. The summed E-state index contributed by atoms with van der Waals surface area (Å²) < 4.78 is 35.2. The first-order valence-electron chi connectivity index (χ1n) is 14.7. The number of pyridine rings is 1. The maximum absolute atomic E-state index is 14.8. The first-order chi connectivity index (χ1) is 19.0. The van der Waals surface area contributed by atoms with Gasteiger partial charge in [-0.2, -0.15) is 8.78 Å². The molecule has 228 valence electrons. The average molecular weight is 578 g/mol. The monoisotopic (exact) mass is 577 g/mol. The molecular formula is C30H45F2N5O4. The third-order valence-electron chi connectivity index (χ3n) is 8.22. The lowest BCUT2D eigenvalue weighted by Crippen LogP contribution is -2.63. The second-order valence-electron chi connectivity index (χ2n) is 13.4. The molecule has 3 aliphatic heterocycles. The number of amides is 3. The van der Waals surface area contributed by atoms with E-state index in [0.29, 0.717) is 51.3 Å². The van der Waals surface area contributed by atoms with Crippen molar-refractivity contribution in [2.24, 2.45) is 0 Å². The number of nitrogens with zero attached hydrogens (tertiary/aromatic N) is 5. The summed E-state index contributed by atoms with van der Waals surface area (Å²) in [5, 5.41) is 0. The van der Waals surface area contributed by atoms with Crippen LogP contribution in [0.25, 0.3) is 0 Å². The van der Waals surface area contributed by atoms with Crippen LogP contribution in [0.5, 0.6) is 0 Å². The van der Waals surface area contributed by atoms with Gasteiger partial charge in [-0.1, -0.05) is 27.2 Å². The lowest BCUT2D eigenvalue weighted by molar-refractivity contribution is -0.129. The van der Waals surface area contributed by atoms with Crippen molar-refractivity contribution in [3.05, 3.63) is 23.5 Å². The van der Waals surface area contributed by atoms with Gasteiger partial charge in [-0.15, -0.1) is 0 Å². The minimum atomic E-state index is -3.08. The molecule has 1 aromatic rings. The second kappa shape index (κ2) is 11.5. The van der Waals surface area contributed by atoms with Crippen LogP contribution in [0.4, 0.5) is 19.3 Å². The Labute approximate surface area is 242 Å². The molecule has 4 rings (SSSR count). The number of anilines is 1. The summed E-state index contributed by atoms with van der Waals surface area (Å²) in [4.78, 5) is 50.6. The predicted octanol–water partition coefficient (Wildman–Crippen LogP) is 4.53. The fourth-order valence-electron chi connectivity index (χ4n) is 6.08. The third kappa shape index (κ3) is 6.81. The molecule has 0 N–H and O–H groups in total. The van der Waals surface area contributed by atoms with Crippen molar-refractivity contribution < 1.29 is 27.9 Å². The number of likely N-dealkylation sites (tertiary alicyclic amines) is 1. The van der Waals surface area contributed by atoms with Crippen LogP contribution in [0.1, 0.15) is 85.4 Å². The van der Waals surface area contributed by atoms with E-state index in [9.17, 15) is 23.2 Å². The number of carbonyl (C=O) groups excluding carboxylic acids is 3. The van der Waals surface area contributed by atoms with Gasteiger partial charge in [0.05, 0.1) is 12.2 Å². The summed E-state index contributed by atoms with van der Waals surface area (Å²) in [6.07, 6.45) is 2.36. The summed E-state index contributed by atoms with van der Waals surface area (Å²) in [6, 6.07) is 0.872. The van der Waals surface area contributed by atoms with Crippen molar-refractivity contribution in [2.45, 2.75) is 103 Å². The molecule has 0 aliphatic carbocycles. The topological polar surface area (TPSA) is 86.3 Å². The van der Waals surface area contributed by atoms with Gasteiger partial charge in [0.2, 0.25) is 11.8 Å². The van der Waals surface area contributed by atoms with Crippen molar-refractivity contribution in [1.82, 2.24) is 19.7 Å². The normalized spacial score (nSPS) is 23.2. The Morgan fingerprint density at radius 1 is 1.20 bits per heavy atom. The van der Waals surface area contributed by atoms with E-state index in [1.165, 1.54) is 12.3 Å². The molecule has 0 unspecified atom stereocenters. The Hall–Kier alpha value is -2.82. The van der Waals surface area contributed by atoms with Gasteiger partial charge in [-0.3, -0.25) is 19.5 Å². The number of halogens is 2. The van der Waals surface area contributed by atoms with E-state index in [4.69, 9.17) is 4.74 Å².